The lowest BCUT2D eigenvalue weighted by atomic mass is 9.84. The van der Waals surface area contributed by atoms with Crippen molar-refractivity contribution in [2.45, 2.75) is 22.7 Å². The van der Waals surface area contributed by atoms with Crippen molar-refractivity contribution in [3.8, 4) is 0 Å². The fourth-order valence-electron chi connectivity index (χ4n) is 5.02. The third-order valence-electron chi connectivity index (χ3n) is 6.77. The van der Waals surface area contributed by atoms with Crippen LogP contribution >= 0.6 is 23.1 Å². The number of hydrogen-bond donors (Lipinski definition) is 1. The minimum absolute atomic E-state index is 0.164. The number of rotatable bonds is 6. The van der Waals surface area contributed by atoms with Crippen molar-refractivity contribution in [3.05, 3.63) is 109 Å². The van der Waals surface area contributed by atoms with E-state index in [0.717, 1.165) is 28.0 Å². The molecule has 200 valence electrons. The van der Waals surface area contributed by atoms with E-state index in [1.807, 2.05) is 6.07 Å². The van der Waals surface area contributed by atoms with Crippen LogP contribution in [0.25, 0.3) is 0 Å². The number of nitro groups is 1. The molecule has 0 bridgehead atoms. The van der Waals surface area contributed by atoms with Crippen LogP contribution in [-0.2, 0) is 20.9 Å². The molecule has 2 unspecified atom stereocenters. The minimum atomic E-state index is -0.877. The molecule has 0 spiro atoms. The van der Waals surface area contributed by atoms with Crippen LogP contribution in [0.2, 0.25) is 0 Å². The number of imide groups is 1. The molecule has 2 aliphatic rings. The fourth-order valence-corrected chi connectivity index (χ4v) is 7.79. The van der Waals surface area contributed by atoms with Gasteiger partial charge in [0.25, 0.3) is 5.69 Å². The predicted molar refractivity (Wildman–Crippen MR) is 148 cm³/mol. The van der Waals surface area contributed by atoms with Crippen LogP contribution in [-0.4, -0.2) is 37.4 Å². The number of anilines is 2. The van der Waals surface area contributed by atoms with Crippen LogP contribution in [0.4, 0.5) is 17.1 Å². The maximum atomic E-state index is 13.8. The molecule has 2 aromatic heterocycles. The summed E-state index contributed by atoms with van der Waals surface area (Å²) in [5, 5.41) is 13.4. The lowest BCUT2D eigenvalue weighted by Gasteiger charge is -2.30. The van der Waals surface area contributed by atoms with Crippen molar-refractivity contribution in [3.63, 3.8) is 0 Å². The molecule has 40 heavy (non-hydrogen) atoms. The van der Waals surface area contributed by atoms with Crippen molar-refractivity contribution in [1.82, 2.24) is 9.55 Å². The molecule has 11 nitrogen and oxygen atoms in total. The molecular weight excluding hydrogens is 554 g/mol. The molecule has 1 saturated heterocycles. The molecule has 4 aromatic rings. The van der Waals surface area contributed by atoms with Gasteiger partial charge in [0.1, 0.15) is 11.8 Å². The number of pyridine rings is 1. The second-order valence-corrected chi connectivity index (χ2v) is 11.3. The fraction of sp³-hybridized carbons (Fsp3) is 0.148. The summed E-state index contributed by atoms with van der Waals surface area (Å²) in [6.45, 7) is -0.266. The standard InChI is InChI=1S/C27H19N5O6S2/c33-19(29-16-6-2-1-3-7-16)14-30-26-23(40-27(30)36)20(15-5-4-12-28-13-15)21-22(39-26)25(35)31(24(21)34)17-8-10-18(11-9-17)32(37)38/h1-13,20-22H,14H2,(H,29,33)/t20-,21?,22?/m1/s1. The largest absolute Gasteiger partial charge is 0.325 e. The van der Waals surface area contributed by atoms with E-state index in [1.165, 1.54) is 28.8 Å². The summed E-state index contributed by atoms with van der Waals surface area (Å²) in [6.07, 6.45) is 3.19. The highest BCUT2D eigenvalue weighted by Gasteiger charge is 2.57. The summed E-state index contributed by atoms with van der Waals surface area (Å²) in [4.78, 5) is 69.6. The molecule has 1 fully saturated rings. The average molecular weight is 574 g/mol. The van der Waals surface area contributed by atoms with Gasteiger partial charge in [0.05, 0.1) is 21.6 Å². The monoisotopic (exact) mass is 573 g/mol. The van der Waals surface area contributed by atoms with E-state index in [2.05, 4.69) is 10.3 Å². The molecule has 1 N–H and O–H groups in total. The van der Waals surface area contributed by atoms with Gasteiger partial charge in [-0.15, -0.1) is 0 Å². The molecule has 3 amide bonds. The number of nitrogens with zero attached hydrogens (tertiary/aromatic N) is 4. The van der Waals surface area contributed by atoms with Crippen LogP contribution < -0.4 is 15.1 Å². The number of fused-ring (bicyclic) bond motifs is 2. The zero-order chi connectivity index (χ0) is 28.0. The van der Waals surface area contributed by atoms with Crippen LogP contribution in [0.1, 0.15) is 16.4 Å². The topological polar surface area (TPSA) is 145 Å². The number of amides is 3. The van der Waals surface area contributed by atoms with Gasteiger partial charge in [0.15, 0.2) is 0 Å². The van der Waals surface area contributed by atoms with Gasteiger partial charge in [-0.3, -0.25) is 38.8 Å². The Morgan fingerprint density at radius 3 is 2.42 bits per heavy atom. The average Bonchev–Trinajstić information content (AvgIpc) is 3.40. The van der Waals surface area contributed by atoms with Crippen molar-refractivity contribution in [2.24, 2.45) is 5.92 Å². The van der Waals surface area contributed by atoms with Gasteiger partial charge in [0.2, 0.25) is 17.7 Å². The van der Waals surface area contributed by atoms with Gasteiger partial charge in [-0.2, -0.15) is 0 Å². The van der Waals surface area contributed by atoms with E-state index >= 15 is 0 Å². The van der Waals surface area contributed by atoms with Crippen molar-refractivity contribution in [1.29, 1.82) is 0 Å². The number of para-hydroxylation sites is 1. The first kappa shape index (κ1) is 25.6. The lowest BCUT2D eigenvalue weighted by molar-refractivity contribution is -0.384. The lowest BCUT2D eigenvalue weighted by Crippen LogP contribution is -2.33. The van der Waals surface area contributed by atoms with Gasteiger partial charge in [-0.05, 0) is 35.9 Å². The normalized spacial score (nSPS) is 19.7. The van der Waals surface area contributed by atoms with Gasteiger partial charge < -0.3 is 5.32 Å². The third kappa shape index (κ3) is 4.38. The van der Waals surface area contributed by atoms with E-state index in [1.54, 1.807) is 48.8 Å². The Labute approximate surface area is 234 Å². The van der Waals surface area contributed by atoms with Crippen LogP contribution in [0.15, 0.2) is 88.9 Å². The van der Waals surface area contributed by atoms with Gasteiger partial charge in [-0.1, -0.05) is 47.4 Å². The molecule has 4 heterocycles. The van der Waals surface area contributed by atoms with Crippen molar-refractivity contribution < 1.29 is 19.3 Å². The highest BCUT2D eigenvalue weighted by atomic mass is 32.2. The van der Waals surface area contributed by atoms with Crippen molar-refractivity contribution in [2.75, 3.05) is 10.2 Å². The second-order valence-electron chi connectivity index (χ2n) is 9.15. The Bertz CT molecular complexity index is 1700. The second kappa shape index (κ2) is 10.2. The summed E-state index contributed by atoms with van der Waals surface area (Å²) in [6, 6.07) is 17.6. The van der Waals surface area contributed by atoms with E-state index < -0.39 is 39.7 Å². The van der Waals surface area contributed by atoms with E-state index in [9.17, 15) is 29.3 Å². The maximum Gasteiger partial charge on any atom is 0.308 e. The van der Waals surface area contributed by atoms with E-state index in [-0.39, 0.29) is 22.8 Å². The Morgan fingerprint density at radius 1 is 1.00 bits per heavy atom. The highest BCUT2D eigenvalue weighted by molar-refractivity contribution is 8.00. The Balaban J connectivity index is 1.39. The first-order valence-corrected chi connectivity index (χ1v) is 13.8. The smallest absolute Gasteiger partial charge is 0.308 e. The summed E-state index contributed by atoms with van der Waals surface area (Å²) in [5.74, 6) is -2.85. The number of thiazole rings is 1. The number of benzene rings is 2. The van der Waals surface area contributed by atoms with E-state index in [4.69, 9.17) is 0 Å². The first-order chi connectivity index (χ1) is 19.3. The SMILES string of the molecule is O=C(Cn1c2c(sc1=O)[C@H](c1cccnc1)C1C(=O)N(c3ccc([N+](=O)[O-])cc3)C(=O)C1S2)Nc1ccccc1. The zero-order valence-corrected chi connectivity index (χ0v) is 22.1. The summed E-state index contributed by atoms with van der Waals surface area (Å²) < 4.78 is 1.34. The number of carbonyl (C=O) groups excluding carboxylic acids is 3. The molecule has 0 saturated carbocycles. The molecule has 2 aliphatic heterocycles. The summed E-state index contributed by atoms with van der Waals surface area (Å²) in [5.41, 5.74) is 1.31. The Kier molecular flexibility index (Phi) is 6.52. The van der Waals surface area contributed by atoms with E-state index in [0.29, 0.717) is 21.2 Å². The van der Waals surface area contributed by atoms with Gasteiger partial charge in [0, 0.05) is 41.0 Å². The Morgan fingerprint density at radius 2 is 1.75 bits per heavy atom. The molecule has 0 aliphatic carbocycles. The minimum Gasteiger partial charge on any atom is -0.325 e. The summed E-state index contributed by atoms with van der Waals surface area (Å²) >= 11 is 2.04. The zero-order valence-electron chi connectivity index (χ0n) is 20.5. The van der Waals surface area contributed by atoms with Crippen molar-refractivity contribution >= 4 is 57.9 Å². The number of carbonyl (C=O) groups is 3. The molecule has 0 radical (unpaired) electrons. The van der Waals surface area contributed by atoms with Crippen LogP contribution in [0.5, 0.6) is 0 Å². The predicted octanol–water partition coefficient (Wildman–Crippen LogP) is 3.65. The first-order valence-electron chi connectivity index (χ1n) is 12.1. The van der Waals surface area contributed by atoms with Gasteiger partial charge in [-0.25, -0.2) is 4.90 Å². The molecule has 2 aromatic carbocycles. The Hall–Kier alpha value is -4.62. The molecule has 3 atom stereocenters. The number of nitro benzene ring substituents is 1. The number of aromatic nitrogens is 2. The summed E-state index contributed by atoms with van der Waals surface area (Å²) in [7, 11) is 0. The van der Waals surface area contributed by atoms with Crippen LogP contribution in [0.3, 0.4) is 0 Å². The number of hydrogen-bond acceptors (Lipinski definition) is 9. The number of nitrogens with one attached hydrogen (secondary N) is 1. The van der Waals surface area contributed by atoms with Crippen LogP contribution in [0, 0.1) is 16.0 Å². The quantitative estimate of drug-likeness (QED) is 0.209. The van der Waals surface area contributed by atoms with Gasteiger partial charge >= 0.3 is 4.87 Å². The molecule has 13 heteroatoms. The number of thioether (sulfide) groups is 1. The molecule has 6 rings (SSSR count). The number of non-ortho nitro benzene ring substituents is 1. The third-order valence-corrected chi connectivity index (χ3v) is 9.37. The maximum absolute atomic E-state index is 13.8. The highest BCUT2D eigenvalue weighted by Crippen LogP contribution is 2.53. The molecular formula is C27H19N5O6S2.